The van der Waals surface area contributed by atoms with Crippen molar-refractivity contribution in [3.05, 3.63) is 53.6 Å². The highest BCUT2D eigenvalue weighted by Crippen LogP contribution is 2.33. The number of hydrogen-bond donors (Lipinski definition) is 1. The maximum atomic E-state index is 13.1. The van der Waals surface area contributed by atoms with Crippen molar-refractivity contribution in [2.24, 2.45) is 0 Å². The minimum atomic E-state index is -3.88. The summed E-state index contributed by atoms with van der Waals surface area (Å²) < 4.78 is 27.6. The molecule has 4 aromatic rings. The molecule has 2 heterocycles. The van der Waals surface area contributed by atoms with E-state index in [-0.39, 0.29) is 15.6 Å². The Hall–Kier alpha value is -2.55. The number of nitrogens with zero attached hydrogens (tertiary/aromatic N) is 4. The molecule has 0 saturated heterocycles. The lowest BCUT2D eigenvalue weighted by Gasteiger charge is -2.12. The minimum absolute atomic E-state index is 0.0981. The molecular formula is C18H14ClN5O2S. The van der Waals surface area contributed by atoms with Crippen LogP contribution in [0.4, 0.5) is 5.82 Å². The minimum Gasteiger partial charge on any atom is -0.604 e. The van der Waals surface area contributed by atoms with Crippen LogP contribution in [0.1, 0.15) is 12.8 Å². The van der Waals surface area contributed by atoms with Gasteiger partial charge in [0.05, 0.1) is 5.52 Å². The third kappa shape index (κ3) is 2.77. The first-order valence-corrected chi connectivity index (χ1v) is 10.3. The van der Waals surface area contributed by atoms with Gasteiger partial charge in [-0.2, -0.15) is 4.52 Å². The molecule has 1 atom stereocenters. The molecule has 27 heavy (non-hydrogen) atoms. The van der Waals surface area contributed by atoms with E-state index in [0.29, 0.717) is 16.9 Å². The average molecular weight is 400 g/mol. The molecule has 0 radical (unpaired) electrons. The molecule has 2 aromatic heterocycles. The Morgan fingerprint density at radius 3 is 2.63 bits per heavy atom. The number of rotatable bonds is 4. The van der Waals surface area contributed by atoms with E-state index in [9.17, 15) is 8.76 Å². The summed E-state index contributed by atoms with van der Waals surface area (Å²) in [6, 6.07) is 13.9. The molecule has 5 rings (SSSR count). The van der Waals surface area contributed by atoms with Gasteiger partial charge in [0.2, 0.25) is 5.65 Å². The summed E-state index contributed by atoms with van der Waals surface area (Å²) in [6.45, 7) is 0. The van der Waals surface area contributed by atoms with E-state index in [1.807, 2.05) is 24.3 Å². The number of para-hydroxylation sites is 1. The summed E-state index contributed by atoms with van der Waals surface area (Å²) in [6.07, 6.45) is 2.16. The predicted octanol–water partition coefficient (Wildman–Crippen LogP) is 3.55. The van der Waals surface area contributed by atoms with Crippen molar-refractivity contribution in [3.8, 4) is 0 Å². The van der Waals surface area contributed by atoms with Crippen molar-refractivity contribution in [1.29, 1.82) is 0 Å². The Kier molecular flexibility index (Phi) is 3.68. The second-order valence-corrected chi connectivity index (χ2v) is 8.78. The first-order valence-electron chi connectivity index (χ1n) is 8.45. The zero-order valence-corrected chi connectivity index (χ0v) is 15.6. The molecule has 1 aliphatic carbocycles. The zero-order valence-electron chi connectivity index (χ0n) is 14.0. The lowest BCUT2D eigenvalue weighted by Crippen LogP contribution is -2.13. The summed E-state index contributed by atoms with van der Waals surface area (Å²) in [5.74, 6) is 0.649. The molecule has 2 aromatic carbocycles. The summed E-state index contributed by atoms with van der Waals surface area (Å²) in [5, 5.41) is 12.6. The highest BCUT2D eigenvalue weighted by Gasteiger charge is 2.33. The standard InChI is InChI=1S/C18H14ClN5O2S/c19-11-5-9-13(10-6-11)27(25,26)18-17-21-16(20-12-7-8-12)14-3-1-2-4-15(14)24(17)23-22-18/h1-6,9-10,12H,7-8H2,(H-,20,21,25,26). The van der Waals surface area contributed by atoms with Gasteiger partial charge in [-0.1, -0.05) is 38.3 Å². The van der Waals surface area contributed by atoms with Crippen LogP contribution in [-0.4, -0.2) is 30.4 Å². The number of hydrogen-bond acceptors (Lipinski definition) is 6. The summed E-state index contributed by atoms with van der Waals surface area (Å²) in [7, 11) is -3.88. The summed E-state index contributed by atoms with van der Waals surface area (Å²) in [4.78, 5) is 4.67. The van der Waals surface area contributed by atoms with E-state index in [1.54, 1.807) is 0 Å². The number of sulfone groups is 1. The van der Waals surface area contributed by atoms with Gasteiger partial charge in [0.25, 0.3) is 0 Å². The second-order valence-electron chi connectivity index (χ2n) is 6.48. The lowest BCUT2D eigenvalue weighted by atomic mass is 10.2. The molecule has 0 spiro atoms. The topological polar surface area (TPSA) is 95.2 Å². The van der Waals surface area contributed by atoms with Gasteiger partial charge >= 0.3 is 5.03 Å². The fourth-order valence-electron chi connectivity index (χ4n) is 2.98. The van der Waals surface area contributed by atoms with E-state index < -0.39 is 10.2 Å². The summed E-state index contributed by atoms with van der Waals surface area (Å²) >= 11 is 5.87. The first kappa shape index (κ1) is 16.6. The fourth-order valence-corrected chi connectivity index (χ4v) is 4.34. The quantitative estimate of drug-likeness (QED) is 0.527. The molecule has 136 valence electrons. The van der Waals surface area contributed by atoms with Crippen LogP contribution in [0.3, 0.4) is 0 Å². The van der Waals surface area contributed by atoms with Crippen molar-refractivity contribution < 1.29 is 8.76 Å². The lowest BCUT2D eigenvalue weighted by molar-refractivity contribution is 0.475. The molecule has 1 fully saturated rings. The SMILES string of the molecule is O=[S+]([O-])(c1ccc(Cl)cc1)c1nnn2c1nc(NC1CC1)c1ccccc12. The van der Waals surface area contributed by atoms with E-state index in [2.05, 4.69) is 20.6 Å². The maximum Gasteiger partial charge on any atom is 0.317 e. The molecule has 1 aliphatic rings. The first-order chi connectivity index (χ1) is 13.0. The Morgan fingerprint density at radius 2 is 1.89 bits per heavy atom. The molecule has 1 N–H and O–H groups in total. The number of halogens is 1. The van der Waals surface area contributed by atoms with Crippen LogP contribution in [0.2, 0.25) is 5.02 Å². The van der Waals surface area contributed by atoms with Crippen molar-refractivity contribution in [2.75, 3.05) is 5.32 Å². The fraction of sp³-hybridized carbons (Fsp3) is 0.167. The second kappa shape index (κ2) is 5.98. The van der Waals surface area contributed by atoms with E-state index in [0.717, 1.165) is 23.7 Å². The Labute approximate surface area is 160 Å². The zero-order chi connectivity index (χ0) is 18.6. The van der Waals surface area contributed by atoms with E-state index >= 15 is 0 Å². The van der Waals surface area contributed by atoms with Gasteiger partial charge in [0, 0.05) is 16.5 Å². The molecule has 7 nitrogen and oxygen atoms in total. The highest BCUT2D eigenvalue weighted by atomic mass is 35.5. The number of benzene rings is 2. The van der Waals surface area contributed by atoms with Gasteiger partial charge in [-0.05, 0) is 49.2 Å². The molecule has 0 amide bonds. The van der Waals surface area contributed by atoms with Crippen LogP contribution in [0.5, 0.6) is 0 Å². The molecule has 0 bridgehead atoms. The van der Waals surface area contributed by atoms with Gasteiger partial charge in [-0.3, -0.25) is 0 Å². The third-order valence-electron chi connectivity index (χ3n) is 4.52. The smallest absolute Gasteiger partial charge is 0.317 e. The Balaban J connectivity index is 1.75. The van der Waals surface area contributed by atoms with E-state index in [1.165, 1.54) is 28.8 Å². The molecule has 9 heteroatoms. The van der Waals surface area contributed by atoms with Gasteiger partial charge in [-0.25, -0.2) is 4.98 Å². The normalized spacial score (nSPS) is 16.5. The third-order valence-corrected chi connectivity index (χ3v) is 6.44. The summed E-state index contributed by atoms with van der Waals surface area (Å²) in [5.41, 5.74) is 0.947. The van der Waals surface area contributed by atoms with Crippen molar-refractivity contribution >= 4 is 44.2 Å². The van der Waals surface area contributed by atoms with Crippen LogP contribution >= 0.6 is 11.6 Å². The van der Waals surface area contributed by atoms with Crippen molar-refractivity contribution in [2.45, 2.75) is 28.8 Å². The van der Waals surface area contributed by atoms with Crippen LogP contribution in [0.25, 0.3) is 16.6 Å². The number of nitrogens with one attached hydrogen (secondary N) is 1. The van der Waals surface area contributed by atoms with Crippen LogP contribution in [0, 0.1) is 0 Å². The van der Waals surface area contributed by atoms with Gasteiger partial charge in [0.15, 0.2) is 4.90 Å². The van der Waals surface area contributed by atoms with Crippen molar-refractivity contribution in [1.82, 2.24) is 19.8 Å². The Morgan fingerprint density at radius 1 is 1.15 bits per heavy atom. The van der Waals surface area contributed by atoms with Gasteiger partial charge in [-0.15, -0.1) is 0 Å². The Bertz CT molecular complexity index is 1220. The monoisotopic (exact) mass is 399 g/mol. The van der Waals surface area contributed by atoms with E-state index in [4.69, 9.17) is 11.6 Å². The van der Waals surface area contributed by atoms with Crippen LogP contribution < -0.4 is 5.32 Å². The highest BCUT2D eigenvalue weighted by molar-refractivity contribution is 7.97. The molecule has 0 aliphatic heterocycles. The number of fused-ring (bicyclic) bond motifs is 3. The molecule has 1 unspecified atom stereocenters. The van der Waals surface area contributed by atoms with Crippen LogP contribution in [-0.2, 0) is 14.4 Å². The van der Waals surface area contributed by atoms with Gasteiger partial charge < -0.3 is 9.87 Å². The number of anilines is 1. The molecule has 1 saturated carbocycles. The largest absolute Gasteiger partial charge is 0.604 e. The number of aromatic nitrogens is 4. The maximum absolute atomic E-state index is 13.1. The van der Waals surface area contributed by atoms with Gasteiger partial charge in [0.1, 0.15) is 16.0 Å². The van der Waals surface area contributed by atoms with Crippen LogP contribution in [0.15, 0.2) is 58.5 Å². The average Bonchev–Trinajstić information content (AvgIpc) is 3.37. The van der Waals surface area contributed by atoms with Crippen molar-refractivity contribution in [3.63, 3.8) is 0 Å². The predicted molar refractivity (Wildman–Crippen MR) is 102 cm³/mol. The molecular weight excluding hydrogens is 386 g/mol.